The lowest BCUT2D eigenvalue weighted by atomic mass is 10.4. The van der Waals surface area contributed by atoms with Gasteiger partial charge in [0.2, 0.25) is 8.32 Å². The molecule has 2 heteroatoms. The van der Waals surface area contributed by atoms with Crippen LogP contribution in [0.25, 0.3) is 0 Å². The van der Waals surface area contributed by atoms with Crippen LogP contribution in [0.2, 0.25) is 6.04 Å². The standard InChI is InChI=1S/C9H18OSi/c1-5-8-9-11(6-2,7-3)10-4/h6-7H,2-3,5,8-9H2,1,4H3. The molecule has 64 valence electrons. The molecule has 0 heterocycles. The Labute approximate surface area is 70.9 Å². The van der Waals surface area contributed by atoms with Gasteiger partial charge in [-0.3, -0.25) is 0 Å². The fraction of sp³-hybridized carbons (Fsp3) is 0.556. The van der Waals surface area contributed by atoms with Gasteiger partial charge < -0.3 is 4.43 Å². The third-order valence-corrected chi connectivity index (χ3v) is 5.27. The summed E-state index contributed by atoms with van der Waals surface area (Å²) >= 11 is 0. The minimum Gasteiger partial charge on any atom is -0.412 e. The summed E-state index contributed by atoms with van der Waals surface area (Å²) in [5.41, 5.74) is 3.91. The fourth-order valence-electron chi connectivity index (χ4n) is 1.01. The predicted molar refractivity (Wildman–Crippen MR) is 52.9 cm³/mol. The molecule has 0 aromatic carbocycles. The molecule has 0 aliphatic heterocycles. The Morgan fingerprint density at radius 3 is 2.18 bits per heavy atom. The molecule has 0 unspecified atom stereocenters. The molecule has 0 atom stereocenters. The van der Waals surface area contributed by atoms with Crippen LogP contribution in [-0.2, 0) is 4.43 Å². The minimum atomic E-state index is -1.71. The van der Waals surface area contributed by atoms with Gasteiger partial charge >= 0.3 is 0 Å². The number of rotatable bonds is 6. The van der Waals surface area contributed by atoms with E-state index in [1.165, 1.54) is 12.8 Å². The van der Waals surface area contributed by atoms with Crippen molar-refractivity contribution in [2.24, 2.45) is 0 Å². The highest BCUT2D eigenvalue weighted by Crippen LogP contribution is 2.16. The second-order valence-corrected chi connectivity index (χ2v) is 6.31. The largest absolute Gasteiger partial charge is 0.412 e. The van der Waals surface area contributed by atoms with Crippen molar-refractivity contribution >= 4 is 8.32 Å². The van der Waals surface area contributed by atoms with Gasteiger partial charge in [0.1, 0.15) is 0 Å². The van der Waals surface area contributed by atoms with Gasteiger partial charge in [0.05, 0.1) is 0 Å². The molecule has 0 saturated heterocycles. The van der Waals surface area contributed by atoms with Crippen molar-refractivity contribution in [1.29, 1.82) is 0 Å². The molecule has 0 amide bonds. The number of unbranched alkanes of at least 4 members (excludes halogenated alkanes) is 1. The first-order valence-corrected chi connectivity index (χ1v) is 6.34. The van der Waals surface area contributed by atoms with E-state index in [2.05, 4.69) is 20.1 Å². The van der Waals surface area contributed by atoms with Crippen LogP contribution in [0.3, 0.4) is 0 Å². The quantitative estimate of drug-likeness (QED) is 0.557. The van der Waals surface area contributed by atoms with Crippen LogP contribution in [-0.4, -0.2) is 15.4 Å². The van der Waals surface area contributed by atoms with Gasteiger partial charge in [-0.05, 0) is 6.04 Å². The minimum absolute atomic E-state index is 1.12. The van der Waals surface area contributed by atoms with Crippen LogP contribution in [0.4, 0.5) is 0 Å². The molecule has 0 aromatic heterocycles. The Balaban J connectivity index is 4.05. The van der Waals surface area contributed by atoms with E-state index in [9.17, 15) is 0 Å². The highest BCUT2D eigenvalue weighted by molar-refractivity contribution is 6.83. The van der Waals surface area contributed by atoms with Crippen LogP contribution in [0, 0.1) is 0 Å². The molecular weight excluding hydrogens is 152 g/mol. The fourth-order valence-corrected chi connectivity index (χ4v) is 3.03. The lowest BCUT2D eigenvalue weighted by Gasteiger charge is -2.21. The average Bonchev–Trinajstić information content (AvgIpc) is 2.08. The van der Waals surface area contributed by atoms with E-state index >= 15 is 0 Å². The first-order valence-electron chi connectivity index (χ1n) is 4.07. The van der Waals surface area contributed by atoms with E-state index in [1.54, 1.807) is 7.11 Å². The summed E-state index contributed by atoms with van der Waals surface area (Å²) < 4.78 is 5.44. The summed E-state index contributed by atoms with van der Waals surface area (Å²) in [6.07, 6.45) is 2.41. The van der Waals surface area contributed by atoms with Crippen molar-refractivity contribution in [3.05, 3.63) is 24.6 Å². The van der Waals surface area contributed by atoms with Gasteiger partial charge in [-0.15, -0.1) is 13.2 Å². The summed E-state index contributed by atoms with van der Waals surface area (Å²) in [6.45, 7) is 9.77. The molecular formula is C9H18OSi. The lowest BCUT2D eigenvalue weighted by molar-refractivity contribution is 0.411. The van der Waals surface area contributed by atoms with Crippen molar-refractivity contribution in [2.75, 3.05) is 7.11 Å². The van der Waals surface area contributed by atoms with Crippen molar-refractivity contribution in [3.8, 4) is 0 Å². The molecule has 0 fully saturated rings. The van der Waals surface area contributed by atoms with E-state index in [1.807, 2.05) is 11.4 Å². The monoisotopic (exact) mass is 170 g/mol. The topological polar surface area (TPSA) is 9.23 Å². The summed E-state index contributed by atoms with van der Waals surface area (Å²) in [4.78, 5) is 0. The van der Waals surface area contributed by atoms with Crippen LogP contribution >= 0.6 is 0 Å². The molecule has 1 nitrogen and oxygen atoms in total. The van der Waals surface area contributed by atoms with Gasteiger partial charge in [-0.1, -0.05) is 31.2 Å². The first-order chi connectivity index (χ1) is 5.24. The molecule has 0 rings (SSSR count). The third kappa shape index (κ3) is 3.04. The lowest BCUT2D eigenvalue weighted by Crippen LogP contribution is -2.32. The van der Waals surface area contributed by atoms with E-state index in [0.29, 0.717) is 0 Å². The molecule has 0 spiro atoms. The van der Waals surface area contributed by atoms with E-state index in [0.717, 1.165) is 6.04 Å². The summed E-state index contributed by atoms with van der Waals surface area (Å²) in [7, 11) is 0.0446. The van der Waals surface area contributed by atoms with E-state index < -0.39 is 8.32 Å². The molecule has 0 N–H and O–H groups in total. The molecule has 11 heavy (non-hydrogen) atoms. The molecule has 0 aliphatic rings. The van der Waals surface area contributed by atoms with E-state index in [4.69, 9.17) is 4.43 Å². The SMILES string of the molecule is C=C[Si](C=C)(CCCC)OC. The van der Waals surface area contributed by atoms with Crippen molar-refractivity contribution < 1.29 is 4.43 Å². The predicted octanol–water partition coefficient (Wildman–Crippen LogP) is 2.83. The maximum absolute atomic E-state index is 5.44. The zero-order chi connectivity index (χ0) is 8.74. The Morgan fingerprint density at radius 1 is 1.36 bits per heavy atom. The molecule has 0 aromatic rings. The Bertz CT molecular complexity index is 124. The molecule has 0 radical (unpaired) electrons. The normalized spacial score (nSPS) is 11.1. The van der Waals surface area contributed by atoms with Crippen LogP contribution in [0.15, 0.2) is 24.6 Å². The second kappa shape index (κ2) is 5.33. The second-order valence-electron chi connectivity index (χ2n) is 2.67. The van der Waals surface area contributed by atoms with Gasteiger partial charge in [0, 0.05) is 7.11 Å². The molecule has 0 aliphatic carbocycles. The molecule has 0 bridgehead atoms. The van der Waals surface area contributed by atoms with Crippen molar-refractivity contribution in [1.82, 2.24) is 0 Å². The highest BCUT2D eigenvalue weighted by atomic mass is 28.4. The third-order valence-electron chi connectivity index (χ3n) is 1.99. The van der Waals surface area contributed by atoms with Gasteiger partial charge in [0.25, 0.3) is 0 Å². The average molecular weight is 170 g/mol. The first kappa shape index (κ1) is 10.7. The zero-order valence-corrected chi connectivity index (χ0v) is 8.60. The van der Waals surface area contributed by atoms with Gasteiger partial charge in [-0.25, -0.2) is 0 Å². The number of hydrogen-bond acceptors (Lipinski definition) is 1. The Kier molecular flexibility index (Phi) is 5.16. The Hall–Kier alpha value is -0.343. The summed E-state index contributed by atoms with van der Waals surface area (Å²) in [6, 6.07) is 1.12. The van der Waals surface area contributed by atoms with Crippen LogP contribution < -0.4 is 0 Å². The van der Waals surface area contributed by atoms with Gasteiger partial charge in [0.15, 0.2) is 0 Å². The molecule has 0 saturated carbocycles. The smallest absolute Gasteiger partial charge is 0.239 e. The Morgan fingerprint density at radius 2 is 1.91 bits per heavy atom. The maximum Gasteiger partial charge on any atom is 0.239 e. The zero-order valence-electron chi connectivity index (χ0n) is 7.60. The van der Waals surface area contributed by atoms with Crippen molar-refractivity contribution in [2.45, 2.75) is 25.8 Å². The van der Waals surface area contributed by atoms with Crippen LogP contribution in [0.5, 0.6) is 0 Å². The summed E-state index contributed by atoms with van der Waals surface area (Å²) in [5.74, 6) is 0. The van der Waals surface area contributed by atoms with E-state index in [-0.39, 0.29) is 0 Å². The van der Waals surface area contributed by atoms with Crippen molar-refractivity contribution in [3.63, 3.8) is 0 Å². The van der Waals surface area contributed by atoms with Crippen LogP contribution in [0.1, 0.15) is 19.8 Å². The number of hydrogen-bond donors (Lipinski definition) is 0. The van der Waals surface area contributed by atoms with Gasteiger partial charge in [-0.2, -0.15) is 0 Å². The summed E-state index contributed by atoms with van der Waals surface area (Å²) in [5, 5.41) is 0. The maximum atomic E-state index is 5.44. The highest BCUT2D eigenvalue weighted by Gasteiger charge is 2.24.